The first-order valence-electron chi connectivity index (χ1n) is 6.64. The highest BCUT2D eigenvalue weighted by Crippen LogP contribution is 2.24. The molecule has 2 aromatic carbocycles. The Hall–Kier alpha value is -2.05. The van der Waals surface area contributed by atoms with Crippen molar-refractivity contribution in [3.05, 3.63) is 64.1 Å². The Labute approximate surface area is 133 Å². The third kappa shape index (κ3) is 4.47. The Morgan fingerprint density at radius 2 is 1.86 bits per heavy atom. The van der Waals surface area contributed by atoms with Gasteiger partial charge >= 0.3 is 0 Å². The highest BCUT2D eigenvalue weighted by molar-refractivity contribution is 9.10. The molecule has 2 nitrogen and oxygen atoms in total. The highest BCUT2D eigenvalue weighted by atomic mass is 79.9. The fourth-order valence-corrected chi connectivity index (χ4v) is 2.12. The van der Waals surface area contributed by atoms with Crippen LogP contribution in [0.3, 0.4) is 0 Å². The molecular weight excluding hydrogens is 328 g/mol. The number of carbonyl (C=O) groups is 1. The first-order chi connectivity index (χ1) is 10.1. The summed E-state index contributed by atoms with van der Waals surface area (Å²) >= 11 is 3.37. The molecule has 0 fully saturated rings. The molecule has 0 aliphatic rings. The van der Waals surface area contributed by atoms with Gasteiger partial charge in [-0.2, -0.15) is 0 Å². The van der Waals surface area contributed by atoms with Gasteiger partial charge in [0.05, 0.1) is 11.7 Å². The van der Waals surface area contributed by atoms with E-state index in [0.717, 1.165) is 10.0 Å². The van der Waals surface area contributed by atoms with Gasteiger partial charge < -0.3 is 4.74 Å². The van der Waals surface area contributed by atoms with Gasteiger partial charge in [-0.25, -0.2) is 0 Å². The molecule has 21 heavy (non-hydrogen) atoms. The fraction of sp³-hybridized carbons (Fsp3) is 0.167. The standard InChI is InChI=1S/C18H15BrO2/c1-13(2)21-18-11-9-15(19)12-16(18)17(20)10-8-14-6-4-3-5-7-14/h3-7,9,11-13H,1-2H3. The van der Waals surface area contributed by atoms with Crippen molar-refractivity contribution in [3.8, 4) is 17.6 Å². The third-order valence-electron chi connectivity index (χ3n) is 2.64. The number of rotatable bonds is 3. The maximum Gasteiger partial charge on any atom is 0.240 e. The zero-order valence-electron chi connectivity index (χ0n) is 11.9. The number of hydrogen-bond acceptors (Lipinski definition) is 2. The lowest BCUT2D eigenvalue weighted by atomic mass is 10.1. The molecule has 0 aromatic heterocycles. The van der Waals surface area contributed by atoms with Gasteiger partial charge in [-0.05, 0) is 50.1 Å². The van der Waals surface area contributed by atoms with E-state index in [1.165, 1.54) is 0 Å². The van der Waals surface area contributed by atoms with Crippen molar-refractivity contribution in [3.63, 3.8) is 0 Å². The van der Waals surface area contributed by atoms with E-state index >= 15 is 0 Å². The van der Waals surface area contributed by atoms with Crippen LogP contribution >= 0.6 is 15.9 Å². The van der Waals surface area contributed by atoms with E-state index < -0.39 is 0 Å². The summed E-state index contributed by atoms with van der Waals surface area (Å²) in [6.45, 7) is 3.85. The summed E-state index contributed by atoms with van der Waals surface area (Å²) in [5, 5.41) is 0. The smallest absolute Gasteiger partial charge is 0.240 e. The number of ketones is 1. The second-order valence-electron chi connectivity index (χ2n) is 4.75. The molecule has 0 spiro atoms. The second kappa shape index (κ2) is 7.10. The zero-order chi connectivity index (χ0) is 15.2. The van der Waals surface area contributed by atoms with Gasteiger partial charge in [0.25, 0.3) is 0 Å². The molecule has 0 unspecified atom stereocenters. The van der Waals surface area contributed by atoms with Gasteiger partial charge in [0, 0.05) is 10.0 Å². The van der Waals surface area contributed by atoms with Crippen LogP contribution in [0.4, 0.5) is 0 Å². The summed E-state index contributed by atoms with van der Waals surface area (Å²) in [5.41, 5.74) is 1.29. The van der Waals surface area contributed by atoms with E-state index in [9.17, 15) is 4.79 Å². The molecule has 0 atom stereocenters. The molecule has 106 valence electrons. The summed E-state index contributed by atoms with van der Waals surface area (Å²) in [5.74, 6) is 5.84. The molecule has 0 saturated heterocycles. The Morgan fingerprint density at radius 1 is 1.14 bits per heavy atom. The number of Topliss-reactive ketones (excluding diaryl/α,β-unsaturated/α-hetero) is 1. The van der Waals surface area contributed by atoms with Crippen molar-refractivity contribution < 1.29 is 9.53 Å². The molecule has 2 rings (SSSR count). The van der Waals surface area contributed by atoms with Crippen LogP contribution in [0.2, 0.25) is 0 Å². The number of benzene rings is 2. The monoisotopic (exact) mass is 342 g/mol. The predicted octanol–water partition coefficient (Wildman–Crippen LogP) is 4.47. The predicted molar refractivity (Wildman–Crippen MR) is 87.6 cm³/mol. The molecule has 2 aromatic rings. The van der Waals surface area contributed by atoms with Crippen molar-refractivity contribution in [2.75, 3.05) is 0 Å². The zero-order valence-corrected chi connectivity index (χ0v) is 13.5. The van der Waals surface area contributed by atoms with Crippen LogP contribution in [0.5, 0.6) is 5.75 Å². The number of carbonyl (C=O) groups excluding carboxylic acids is 1. The minimum Gasteiger partial charge on any atom is -0.490 e. The molecule has 0 aliphatic carbocycles. The van der Waals surface area contributed by atoms with Crippen LogP contribution < -0.4 is 4.74 Å². The molecule has 0 bridgehead atoms. The fourth-order valence-electron chi connectivity index (χ4n) is 1.75. The van der Waals surface area contributed by atoms with E-state index in [0.29, 0.717) is 11.3 Å². The number of ether oxygens (including phenoxy) is 1. The molecule has 0 aliphatic heterocycles. The Bertz CT molecular complexity index is 694. The van der Waals surface area contributed by atoms with Crippen LogP contribution in [0.15, 0.2) is 53.0 Å². The summed E-state index contributed by atoms with van der Waals surface area (Å²) in [6, 6.07) is 14.8. The highest BCUT2D eigenvalue weighted by Gasteiger charge is 2.12. The lowest BCUT2D eigenvalue weighted by molar-refractivity contribution is 0.105. The van der Waals surface area contributed by atoms with Crippen LogP contribution in [0.25, 0.3) is 0 Å². The average molecular weight is 343 g/mol. The van der Waals surface area contributed by atoms with Gasteiger partial charge in [-0.15, -0.1) is 0 Å². The first kappa shape index (κ1) is 15.3. The summed E-state index contributed by atoms with van der Waals surface area (Å²) in [6.07, 6.45) is -0.000178. The number of hydrogen-bond donors (Lipinski definition) is 0. The quantitative estimate of drug-likeness (QED) is 0.607. The van der Waals surface area contributed by atoms with Crippen molar-refractivity contribution in [1.82, 2.24) is 0 Å². The Morgan fingerprint density at radius 3 is 2.52 bits per heavy atom. The van der Waals surface area contributed by atoms with E-state index in [1.807, 2.05) is 50.2 Å². The second-order valence-corrected chi connectivity index (χ2v) is 5.67. The summed E-state index contributed by atoms with van der Waals surface area (Å²) in [4.78, 5) is 12.3. The maximum atomic E-state index is 12.3. The summed E-state index contributed by atoms with van der Waals surface area (Å²) < 4.78 is 6.49. The van der Waals surface area contributed by atoms with E-state index in [2.05, 4.69) is 27.8 Å². The maximum absolute atomic E-state index is 12.3. The van der Waals surface area contributed by atoms with Crippen LogP contribution in [0.1, 0.15) is 29.8 Å². The topological polar surface area (TPSA) is 26.3 Å². The van der Waals surface area contributed by atoms with Gasteiger partial charge in [0.1, 0.15) is 5.75 Å². The molecule has 0 amide bonds. The van der Waals surface area contributed by atoms with Crippen LogP contribution in [-0.4, -0.2) is 11.9 Å². The minimum absolute atomic E-state index is 0.000178. The van der Waals surface area contributed by atoms with Crippen LogP contribution in [-0.2, 0) is 0 Å². The van der Waals surface area contributed by atoms with Gasteiger partial charge in [-0.3, -0.25) is 4.79 Å². The number of halogens is 1. The minimum atomic E-state index is -0.254. The van der Waals surface area contributed by atoms with Crippen molar-refractivity contribution in [1.29, 1.82) is 0 Å². The normalized spacial score (nSPS) is 9.90. The van der Waals surface area contributed by atoms with E-state index in [4.69, 9.17) is 4.74 Å². The van der Waals surface area contributed by atoms with Gasteiger partial charge in [0.15, 0.2) is 0 Å². The van der Waals surface area contributed by atoms with Gasteiger partial charge in [0.2, 0.25) is 5.78 Å². The van der Waals surface area contributed by atoms with Gasteiger partial charge in [-0.1, -0.05) is 40.0 Å². The third-order valence-corrected chi connectivity index (χ3v) is 3.14. The molecule has 0 heterocycles. The molecule has 3 heteroatoms. The van der Waals surface area contributed by atoms with E-state index in [-0.39, 0.29) is 11.9 Å². The molecular formula is C18H15BrO2. The lowest BCUT2D eigenvalue weighted by Crippen LogP contribution is -2.09. The van der Waals surface area contributed by atoms with Crippen LogP contribution in [0, 0.1) is 11.8 Å². The average Bonchev–Trinajstić information content (AvgIpc) is 2.47. The van der Waals surface area contributed by atoms with Crippen molar-refractivity contribution in [2.45, 2.75) is 20.0 Å². The van der Waals surface area contributed by atoms with Crippen molar-refractivity contribution >= 4 is 21.7 Å². The largest absolute Gasteiger partial charge is 0.490 e. The molecule has 0 radical (unpaired) electrons. The Kier molecular flexibility index (Phi) is 5.19. The van der Waals surface area contributed by atoms with Crippen molar-refractivity contribution in [2.24, 2.45) is 0 Å². The Balaban J connectivity index is 2.31. The summed E-state index contributed by atoms with van der Waals surface area (Å²) in [7, 11) is 0. The SMILES string of the molecule is CC(C)Oc1ccc(Br)cc1C(=O)C#Cc1ccccc1. The molecule has 0 N–H and O–H groups in total. The first-order valence-corrected chi connectivity index (χ1v) is 7.43. The molecule has 0 saturated carbocycles. The lowest BCUT2D eigenvalue weighted by Gasteiger charge is -2.12. The van der Waals surface area contributed by atoms with E-state index in [1.54, 1.807) is 12.1 Å².